The van der Waals surface area contributed by atoms with E-state index in [0.717, 1.165) is 4.48 Å². The number of hydrogen-bond acceptors (Lipinski definition) is 3. The Morgan fingerprint density at radius 2 is 2.21 bits per heavy atom. The predicted octanol–water partition coefficient (Wildman–Crippen LogP) is 1.95. The molecular weight excluding hydrogens is 246 g/mol. The standard InChI is InChI=1S/C10H16BrNO2/c1-4-6-12(7-9(3)11)8-10(13)14-5-2/h4H,1,3,5-8H2,2H3. The van der Waals surface area contributed by atoms with Crippen molar-refractivity contribution in [2.45, 2.75) is 6.92 Å². The predicted molar refractivity (Wildman–Crippen MR) is 61.3 cm³/mol. The molecule has 14 heavy (non-hydrogen) atoms. The molecule has 0 N–H and O–H groups in total. The summed E-state index contributed by atoms with van der Waals surface area (Å²) in [6.45, 7) is 11.1. The van der Waals surface area contributed by atoms with Crippen molar-refractivity contribution >= 4 is 21.9 Å². The van der Waals surface area contributed by atoms with Crippen LogP contribution >= 0.6 is 15.9 Å². The average Bonchev–Trinajstić information content (AvgIpc) is 2.03. The molecule has 4 heteroatoms. The first-order chi connectivity index (χ1) is 6.60. The fourth-order valence-electron chi connectivity index (χ4n) is 0.999. The lowest BCUT2D eigenvalue weighted by Gasteiger charge is -2.18. The fourth-order valence-corrected chi connectivity index (χ4v) is 1.35. The molecule has 0 fully saturated rings. The van der Waals surface area contributed by atoms with E-state index >= 15 is 0 Å². The van der Waals surface area contributed by atoms with Gasteiger partial charge in [0.05, 0.1) is 13.2 Å². The molecule has 3 nitrogen and oxygen atoms in total. The number of carbonyl (C=O) groups is 1. The molecule has 0 atom stereocenters. The zero-order valence-electron chi connectivity index (χ0n) is 8.46. The molecule has 0 aromatic rings. The minimum atomic E-state index is -0.219. The molecule has 0 aromatic carbocycles. The number of halogens is 1. The largest absolute Gasteiger partial charge is 0.465 e. The van der Waals surface area contributed by atoms with E-state index < -0.39 is 0 Å². The van der Waals surface area contributed by atoms with Crippen LogP contribution in [0.4, 0.5) is 0 Å². The van der Waals surface area contributed by atoms with Gasteiger partial charge in [0.2, 0.25) is 0 Å². The van der Waals surface area contributed by atoms with Crippen molar-refractivity contribution in [3.05, 3.63) is 23.7 Å². The number of nitrogens with zero attached hydrogens (tertiary/aromatic N) is 1. The van der Waals surface area contributed by atoms with Crippen LogP contribution in [0.2, 0.25) is 0 Å². The zero-order valence-corrected chi connectivity index (χ0v) is 10.0. The van der Waals surface area contributed by atoms with Gasteiger partial charge in [-0.1, -0.05) is 28.6 Å². The molecule has 0 aliphatic carbocycles. The van der Waals surface area contributed by atoms with Gasteiger partial charge >= 0.3 is 5.97 Å². The second-order valence-corrected chi connectivity index (χ2v) is 3.90. The summed E-state index contributed by atoms with van der Waals surface area (Å²) in [5.74, 6) is -0.219. The molecule has 0 spiro atoms. The van der Waals surface area contributed by atoms with E-state index in [-0.39, 0.29) is 12.5 Å². The van der Waals surface area contributed by atoms with Gasteiger partial charge in [0.15, 0.2) is 0 Å². The second-order valence-electron chi connectivity index (χ2n) is 2.78. The third kappa shape index (κ3) is 6.86. The van der Waals surface area contributed by atoms with Gasteiger partial charge in [0.25, 0.3) is 0 Å². The first-order valence-corrected chi connectivity index (χ1v) is 5.21. The van der Waals surface area contributed by atoms with E-state index in [4.69, 9.17) is 4.74 Å². The molecule has 80 valence electrons. The molecule has 0 radical (unpaired) electrons. The van der Waals surface area contributed by atoms with E-state index in [2.05, 4.69) is 29.1 Å². The van der Waals surface area contributed by atoms with Gasteiger partial charge in [0.1, 0.15) is 0 Å². The van der Waals surface area contributed by atoms with Gasteiger partial charge in [-0.05, 0) is 6.92 Å². The van der Waals surface area contributed by atoms with Crippen molar-refractivity contribution in [3.63, 3.8) is 0 Å². The summed E-state index contributed by atoms with van der Waals surface area (Å²) >= 11 is 3.25. The second kappa shape index (κ2) is 7.76. The molecule has 0 aliphatic heterocycles. The fraction of sp³-hybridized carbons (Fsp3) is 0.500. The minimum absolute atomic E-state index is 0.219. The Morgan fingerprint density at radius 1 is 1.57 bits per heavy atom. The molecular formula is C10H16BrNO2. The van der Waals surface area contributed by atoms with Crippen LogP contribution in [0, 0.1) is 0 Å². The summed E-state index contributed by atoms with van der Waals surface area (Å²) in [6, 6.07) is 0. The highest BCUT2D eigenvalue weighted by Gasteiger charge is 2.10. The molecule has 0 saturated carbocycles. The maximum Gasteiger partial charge on any atom is 0.320 e. The molecule has 0 bridgehead atoms. The number of hydrogen-bond donors (Lipinski definition) is 0. The number of esters is 1. The van der Waals surface area contributed by atoms with Crippen molar-refractivity contribution in [3.8, 4) is 0 Å². The van der Waals surface area contributed by atoms with Crippen molar-refractivity contribution in [2.75, 3.05) is 26.2 Å². The van der Waals surface area contributed by atoms with E-state index in [9.17, 15) is 4.79 Å². The quantitative estimate of drug-likeness (QED) is 0.518. The highest BCUT2D eigenvalue weighted by molar-refractivity contribution is 9.11. The summed E-state index contributed by atoms with van der Waals surface area (Å²) in [5, 5.41) is 0. The third-order valence-corrected chi connectivity index (χ3v) is 1.69. The van der Waals surface area contributed by atoms with E-state index in [0.29, 0.717) is 19.7 Å². The van der Waals surface area contributed by atoms with Crippen LogP contribution in [0.3, 0.4) is 0 Å². The third-order valence-electron chi connectivity index (χ3n) is 1.44. The van der Waals surface area contributed by atoms with Crippen LogP contribution in [-0.2, 0) is 9.53 Å². The number of carbonyl (C=O) groups excluding carboxylic acids is 1. The number of ether oxygens (including phenoxy) is 1. The molecule has 0 saturated heterocycles. The van der Waals surface area contributed by atoms with Crippen LogP contribution in [0.15, 0.2) is 23.7 Å². The molecule has 0 unspecified atom stereocenters. The van der Waals surface area contributed by atoms with Crippen LogP contribution in [0.5, 0.6) is 0 Å². The lowest BCUT2D eigenvalue weighted by Crippen LogP contribution is -2.32. The maximum atomic E-state index is 11.2. The van der Waals surface area contributed by atoms with Crippen LogP contribution in [-0.4, -0.2) is 37.1 Å². The van der Waals surface area contributed by atoms with E-state index in [1.807, 2.05) is 4.90 Å². The lowest BCUT2D eigenvalue weighted by molar-refractivity contribution is -0.144. The van der Waals surface area contributed by atoms with E-state index in [1.54, 1.807) is 13.0 Å². The summed E-state index contributed by atoms with van der Waals surface area (Å²) in [5.41, 5.74) is 0. The first kappa shape index (κ1) is 13.4. The highest BCUT2D eigenvalue weighted by Crippen LogP contribution is 2.04. The van der Waals surface area contributed by atoms with Crippen LogP contribution in [0.1, 0.15) is 6.92 Å². The van der Waals surface area contributed by atoms with Crippen LogP contribution in [0.25, 0.3) is 0 Å². The summed E-state index contributed by atoms with van der Waals surface area (Å²) in [4.78, 5) is 13.1. The smallest absolute Gasteiger partial charge is 0.320 e. The van der Waals surface area contributed by atoms with Gasteiger partial charge in [-0.2, -0.15) is 0 Å². The van der Waals surface area contributed by atoms with E-state index in [1.165, 1.54) is 0 Å². The summed E-state index contributed by atoms with van der Waals surface area (Å²) in [7, 11) is 0. The number of rotatable bonds is 7. The van der Waals surface area contributed by atoms with Crippen molar-refractivity contribution in [1.82, 2.24) is 4.90 Å². The Hall–Kier alpha value is -0.610. The summed E-state index contributed by atoms with van der Waals surface area (Å²) in [6.07, 6.45) is 1.75. The Bertz CT molecular complexity index is 216. The van der Waals surface area contributed by atoms with Crippen LogP contribution < -0.4 is 0 Å². The van der Waals surface area contributed by atoms with Gasteiger partial charge in [-0.25, -0.2) is 0 Å². The van der Waals surface area contributed by atoms with Gasteiger partial charge in [0, 0.05) is 17.6 Å². The SMILES string of the molecule is C=CCN(CC(=C)Br)CC(=O)OCC. The topological polar surface area (TPSA) is 29.5 Å². The van der Waals surface area contributed by atoms with Gasteiger partial charge in [-0.15, -0.1) is 6.58 Å². The van der Waals surface area contributed by atoms with Crippen molar-refractivity contribution in [2.24, 2.45) is 0 Å². The molecule has 0 amide bonds. The molecule has 0 heterocycles. The molecule has 0 aromatic heterocycles. The monoisotopic (exact) mass is 261 g/mol. The Labute approximate surface area is 93.5 Å². The Kier molecular flexibility index (Phi) is 7.42. The first-order valence-electron chi connectivity index (χ1n) is 4.42. The van der Waals surface area contributed by atoms with Crippen molar-refractivity contribution in [1.29, 1.82) is 0 Å². The molecule has 0 rings (SSSR count). The zero-order chi connectivity index (χ0) is 11.0. The lowest BCUT2D eigenvalue weighted by atomic mass is 10.4. The summed E-state index contributed by atoms with van der Waals surface area (Å²) < 4.78 is 5.68. The minimum Gasteiger partial charge on any atom is -0.465 e. The normalized spacial score (nSPS) is 9.93. The van der Waals surface area contributed by atoms with Gasteiger partial charge < -0.3 is 4.74 Å². The Morgan fingerprint density at radius 3 is 2.64 bits per heavy atom. The molecule has 0 aliphatic rings. The van der Waals surface area contributed by atoms with Crippen molar-refractivity contribution < 1.29 is 9.53 Å². The highest BCUT2D eigenvalue weighted by atomic mass is 79.9. The van der Waals surface area contributed by atoms with Gasteiger partial charge in [-0.3, -0.25) is 9.69 Å². The maximum absolute atomic E-state index is 11.2. The Balaban J connectivity index is 4.00. The average molecular weight is 262 g/mol.